The van der Waals surface area contributed by atoms with E-state index in [9.17, 15) is 14.7 Å². The van der Waals surface area contributed by atoms with Crippen LogP contribution in [0.1, 0.15) is 18.4 Å². The molecule has 6 heteroatoms. The molecule has 0 radical (unpaired) electrons. The molecule has 0 aromatic heterocycles. The highest BCUT2D eigenvalue weighted by molar-refractivity contribution is 5.78. The Balaban J connectivity index is 1.84. The Morgan fingerprint density at radius 2 is 1.66 bits per heavy atom. The lowest BCUT2D eigenvalue weighted by Gasteiger charge is -2.55. The first-order valence-electron chi connectivity index (χ1n) is 9.76. The average Bonchev–Trinajstić information content (AvgIpc) is 2.71. The summed E-state index contributed by atoms with van der Waals surface area (Å²) >= 11 is 0. The van der Waals surface area contributed by atoms with Gasteiger partial charge in [-0.2, -0.15) is 0 Å². The van der Waals surface area contributed by atoms with Gasteiger partial charge in [-0.25, -0.2) is 0 Å². The van der Waals surface area contributed by atoms with E-state index in [0.29, 0.717) is 6.54 Å². The van der Waals surface area contributed by atoms with Crippen LogP contribution in [0.2, 0.25) is 0 Å². The Morgan fingerprint density at radius 1 is 1.03 bits per heavy atom. The lowest BCUT2D eigenvalue weighted by atomic mass is 9.74. The summed E-state index contributed by atoms with van der Waals surface area (Å²) in [6.07, 6.45) is 0. The smallest absolute Gasteiger partial charge is 0.248 e. The fraction of sp³-hybridized carbons (Fsp3) is 0.391. The Labute approximate surface area is 171 Å². The molecule has 1 aliphatic rings. The van der Waals surface area contributed by atoms with Crippen molar-refractivity contribution < 1.29 is 19.4 Å². The van der Waals surface area contributed by atoms with E-state index in [2.05, 4.69) is 36.4 Å². The molecule has 1 aliphatic heterocycles. The molecular weight excluding hydrogens is 368 g/mol. The zero-order valence-corrected chi connectivity index (χ0v) is 17.1. The maximum absolute atomic E-state index is 12.2. The molecule has 2 amide bonds. The minimum Gasteiger partial charge on any atom is -0.394 e. The number of hydrogen-bond donors (Lipinski definition) is 1. The van der Waals surface area contributed by atoms with Gasteiger partial charge < -0.3 is 19.6 Å². The highest BCUT2D eigenvalue weighted by atomic mass is 16.5. The number of ether oxygens (including phenoxy) is 1. The number of nitrogens with zero attached hydrogens (tertiary/aromatic N) is 2. The van der Waals surface area contributed by atoms with E-state index in [1.54, 1.807) is 16.8 Å². The lowest BCUT2D eigenvalue weighted by molar-refractivity contribution is -0.152. The molecule has 0 spiro atoms. The number of hydrogen-bond acceptors (Lipinski definition) is 4. The second kappa shape index (κ2) is 9.20. The van der Waals surface area contributed by atoms with Crippen molar-refractivity contribution in [3.63, 3.8) is 0 Å². The van der Waals surface area contributed by atoms with Crippen LogP contribution in [0.25, 0.3) is 11.1 Å². The molecule has 1 fully saturated rings. The summed E-state index contributed by atoms with van der Waals surface area (Å²) in [5, 5.41) is 9.92. The molecule has 0 unspecified atom stereocenters. The van der Waals surface area contributed by atoms with E-state index in [-0.39, 0.29) is 43.0 Å². The van der Waals surface area contributed by atoms with Gasteiger partial charge in [-0.1, -0.05) is 54.6 Å². The zero-order valence-electron chi connectivity index (χ0n) is 17.1. The van der Waals surface area contributed by atoms with Crippen molar-refractivity contribution in [2.75, 3.05) is 33.9 Å². The van der Waals surface area contributed by atoms with Crippen molar-refractivity contribution in [1.82, 2.24) is 9.80 Å². The van der Waals surface area contributed by atoms with Crippen LogP contribution in [0, 0.1) is 0 Å². The predicted octanol–water partition coefficient (Wildman–Crippen LogP) is 2.13. The van der Waals surface area contributed by atoms with Crippen LogP contribution in [0.15, 0.2) is 54.6 Å². The monoisotopic (exact) mass is 396 g/mol. The number of likely N-dealkylation sites (N-methyl/N-ethyl adjacent to an activating group) is 1. The first-order valence-corrected chi connectivity index (χ1v) is 9.76. The number of methoxy groups -OCH3 is 1. The van der Waals surface area contributed by atoms with E-state index < -0.39 is 0 Å². The minimum atomic E-state index is -0.286. The fourth-order valence-corrected chi connectivity index (χ4v) is 4.21. The molecular formula is C23H28N2O4. The maximum atomic E-state index is 12.2. The number of aliphatic hydroxyl groups is 1. The van der Waals surface area contributed by atoms with E-state index in [1.807, 2.05) is 18.2 Å². The van der Waals surface area contributed by atoms with Crippen molar-refractivity contribution in [3.05, 3.63) is 60.2 Å². The molecule has 3 atom stereocenters. The summed E-state index contributed by atoms with van der Waals surface area (Å²) in [7, 11) is 3.19. The molecule has 6 nitrogen and oxygen atoms in total. The summed E-state index contributed by atoms with van der Waals surface area (Å²) in [6.45, 7) is 1.78. The number of carbonyl (C=O) groups is 2. The number of aliphatic hydroxyl groups excluding tert-OH is 1. The molecule has 1 saturated heterocycles. The second-order valence-corrected chi connectivity index (χ2v) is 7.46. The lowest BCUT2D eigenvalue weighted by Crippen LogP contribution is -2.68. The normalized spacial score (nSPS) is 20.8. The highest BCUT2D eigenvalue weighted by Crippen LogP contribution is 2.41. The number of benzene rings is 2. The first kappa shape index (κ1) is 21.0. The van der Waals surface area contributed by atoms with Gasteiger partial charge in [-0.3, -0.25) is 9.59 Å². The Morgan fingerprint density at radius 3 is 2.21 bits per heavy atom. The van der Waals surface area contributed by atoms with E-state index in [0.717, 1.165) is 16.7 Å². The van der Waals surface area contributed by atoms with Crippen molar-refractivity contribution in [1.29, 1.82) is 0 Å². The standard InChI is InChI=1S/C23H28N2O4/c1-16(27)25-20(13-24(2)22(28)15-29-3)23(21(25)14-26)19-11-9-18(10-12-19)17-7-5-4-6-8-17/h4-12,20-21,23,26H,13-15H2,1-3H3/t20-,21+,23-/m1/s1. The largest absolute Gasteiger partial charge is 0.394 e. The van der Waals surface area contributed by atoms with Gasteiger partial charge in [-0.05, 0) is 16.7 Å². The quantitative estimate of drug-likeness (QED) is 0.779. The molecule has 0 aliphatic carbocycles. The summed E-state index contributed by atoms with van der Waals surface area (Å²) in [6, 6.07) is 17.9. The van der Waals surface area contributed by atoms with Gasteiger partial charge in [0.15, 0.2) is 0 Å². The third-order valence-corrected chi connectivity index (χ3v) is 5.65. The molecule has 3 rings (SSSR count). The number of amides is 2. The summed E-state index contributed by atoms with van der Waals surface area (Å²) in [5.74, 6) is -0.271. The molecule has 2 aromatic carbocycles. The van der Waals surface area contributed by atoms with E-state index in [4.69, 9.17) is 4.74 Å². The van der Waals surface area contributed by atoms with Crippen LogP contribution in [0.5, 0.6) is 0 Å². The molecule has 1 heterocycles. The Bertz CT molecular complexity index is 838. The van der Waals surface area contributed by atoms with E-state index in [1.165, 1.54) is 14.0 Å². The summed E-state index contributed by atoms with van der Waals surface area (Å²) in [5.41, 5.74) is 3.30. The zero-order chi connectivity index (χ0) is 21.0. The number of rotatable bonds is 7. The molecule has 2 aromatic rings. The Hall–Kier alpha value is -2.70. The van der Waals surface area contributed by atoms with Gasteiger partial charge in [0.25, 0.3) is 0 Å². The van der Waals surface area contributed by atoms with Gasteiger partial charge in [0.05, 0.1) is 18.7 Å². The first-order chi connectivity index (χ1) is 14.0. The van der Waals surface area contributed by atoms with Crippen LogP contribution < -0.4 is 0 Å². The van der Waals surface area contributed by atoms with Gasteiger partial charge in [0.2, 0.25) is 11.8 Å². The van der Waals surface area contributed by atoms with Crippen LogP contribution in [-0.4, -0.2) is 72.7 Å². The van der Waals surface area contributed by atoms with E-state index >= 15 is 0 Å². The topological polar surface area (TPSA) is 70.1 Å². The highest BCUT2D eigenvalue weighted by Gasteiger charge is 2.50. The predicted molar refractivity (Wildman–Crippen MR) is 111 cm³/mol. The van der Waals surface area contributed by atoms with Gasteiger partial charge in [0.1, 0.15) is 6.61 Å². The van der Waals surface area contributed by atoms with Crippen LogP contribution in [-0.2, 0) is 14.3 Å². The molecule has 0 bridgehead atoms. The van der Waals surface area contributed by atoms with Crippen LogP contribution in [0.3, 0.4) is 0 Å². The summed E-state index contributed by atoms with van der Waals surface area (Å²) in [4.78, 5) is 27.6. The molecule has 29 heavy (non-hydrogen) atoms. The summed E-state index contributed by atoms with van der Waals surface area (Å²) < 4.78 is 4.93. The third kappa shape index (κ3) is 4.33. The second-order valence-electron chi connectivity index (χ2n) is 7.46. The van der Waals surface area contributed by atoms with Crippen molar-refractivity contribution in [2.45, 2.75) is 24.9 Å². The maximum Gasteiger partial charge on any atom is 0.248 e. The fourth-order valence-electron chi connectivity index (χ4n) is 4.21. The third-order valence-electron chi connectivity index (χ3n) is 5.65. The number of carbonyl (C=O) groups excluding carboxylic acids is 2. The SMILES string of the molecule is COCC(=O)N(C)C[C@@H]1[C@@H](c2ccc(-c3ccccc3)cc2)[C@H](CO)N1C(C)=O. The minimum absolute atomic E-state index is 0.00313. The molecule has 154 valence electrons. The van der Waals surface area contributed by atoms with Crippen molar-refractivity contribution in [2.24, 2.45) is 0 Å². The number of likely N-dealkylation sites (tertiary alicyclic amines) is 1. The molecule has 0 saturated carbocycles. The van der Waals surface area contributed by atoms with Crippen molar-refractivity contribution in [3.8, 4) is 11.1 Å². The average molecular weight is 396 g/mol. The van der Waals surface area contributed by atoms with Gasteiger partial charge in [0, 0.05) is 33.5 Å². The van der Waals surface area contributed by atoms with Crippen LogP contribution >= 0.6 is 0 Å². The van der Waals surface area contributed by atoms with Gasteiger partial charge in [-0.15, -0.1) is 0 Å². The Kier molecular flexibility index (Phi) is 6.67. The molecule has 1 N–H and O–H groups in total. The van der Waals surface area contributed by atoms with Crippen LogP contribution in [0.4, 0.5) is 0 Å². The van der Waals surface area contributed by atoms with Gasteiger partial charge >= 0.3 is 0 Å². The van der Waals surface area contributed by atoms with Crippen molar-refractivity contribution >= 4 is 11.8 Å².